The minimum absolute atomic E-state index is 0.168. The predicted octanol–water partition coefficient (Wildman–Crippen LogP) is 4.67. The fraction of sp³-hybridized carbons (Fsp3) is 0.190. The molecule has 1 saturated heterocycles. The largest absolute Gasteiger partial charge is 0.423 e. The summed E-state index contributed by atoms with van der Waals surface area (Å²) in [7, 11) is 0. The van der Waals surface area contributed by atoms with E-state index in [0.29, 0.717) is 23.6 Å². The summed E-state index contributed by atoms with van der Waals surface area (Å²) < 4.78 is 5.38. The minimum Gasteiger partial charge on any atom is -0.423 e. The van der Waals surface area contributed by atoms with Crippen LogP contribution in [0.25, 0.3) is 0 Å². The Bertz CT molecular complexity index is 991. The van der Waals surface area contributed by atoms with Crippen LogP contribution in [0, 0.1) is 11.8 Å². The maximum atomic E-state index is 12.7. The van der Waals surface area contributed by atoms with Crippen molar-refractivity contribution in [1.82, 2.24) is 0 Å². The van der Waals surface area contributed by atoms with Crippen LogP contribution in [-0.4, -0.2) is 17.8 Å². The van der Waals surface area contributed by atoms with Crippen molar-refractivity contribution in [3.63, 3.8) is 0 Å². The predicted molar refractivity (Wildman–Crippen MR) is 106 cm³/mol. The van der Waals surface area contributed by atoms with E-state index >= 15 is 0 Å². The van der Waals surface area contributed by atoms with Gasteiger partial charge in [0, 0.05) is 11.1 Å². The number of esters is 1. The number of carbonyl (C=O) groups excluding carboxylic acids is 3. The average molecular weight is 416 g/mol. The molecule has 0 bridgehead atoms. The third kappa shape index (κ3) is 3.32. The van der Waals surface area contributed by atoms with Crippen molar-refractivity contribution in [2.45, 2.75) is 12.8 Å². The van der Waals surface area contributed by atoms with E-state index in [-0.39, 0.29) is 40.0 Å². The summed E-state index contributed by atoms with van der Waals surface area (Å²) in [5.41, 5.74) is 0.554. The summed E-state index contributed by atoms with van der Waals surface area (Å²) in [4.78, 5) is 39.0. The Labute approximate surface area is 171 Å². The highest BCUT2D eigenvalue weighted by Gasteiger charge is 2.47. The van der Waals surface area contributed by atoms with Crippen molar-refractivity contribution in [3.8, 4) is 5.75 Å². The quantitative estimate of drug-likeness (QED) is 0.316. The number of fused-ring (bicyclic) bond motifs is 1. The fourth-order valence-electron chi connectivity index (χ4n) is 3.56. The molecular weight excluding hydrogens is 401 g/mol. The number of allylic oxidation sites excluding steroid dienone is 2. The molecule has 2 aromatic rings. The summed E-state index contributed by atoms with van der Waals surface area (Å²) in [6.07, 6.45) is 5.00. The van der Waals surface area contributed by atoms with Gasteiger partial charge in [-0.1, -0.05) is 41.4 Å². The normalized spacial score (nSPS) is 21.0. The number of hydrogen-bond acceptors (Lipinski definition) is 4. The van der Waals surface area contributed by atoms with Gasteiger partial charge in [0.15, 0.2) is 0 Å². The first-order valence-corrected chi connectivity index (χ1v) is 9.51. The van der Waals surface area contributed by atoms with Crippen LogP contribution in [0.4, 0.5) is 5.69 Å². The van der Waals surface area contributed by atoms with Crippen LogP contribution in [0.3, 0.4) is 0 Å². The number of benzene rings is 2. The van der Waals surface area contributed by atoms with E-state index in [2.05, 4.69) is 0 Å². The molecular formula is C21H15Cl2NO4. The molecule has 5 nitrogen and oxygen atoms in total. The second kappa shape index (κ2) is 7.41. The van der Waals surface area contributed by atoms with Crippen LogP contribution in [0.1, 0.15) is 23.2 Å². The summed E-state index contributed by atoms with van der Waals surface area (Å²) in [6, 6.07) is 10.8. The second-order valence-electron chi connectivity index (χ2n) is 6.68. The zero-order chi connectivity index (χ0) is 19.8. The molecule has 0 N–H and O–H groups in total. The molecule has 0 radical (unpaired) electrons. The van der Waals surface area contributed by atoms with E-state index < -0.39 is 5.97 Å². The molecule has 0 aromatic heterocycles. The van der Waals surface area contributed by atoms with E-state index in [1.807, 2.05) is 12.2 Å². The molecule has 0 spiro atoms. The molecule has 1 heterocycles. The van der Waals surface area contributed by atoms with Gasteiger partial charge in [-0.15, -0.1) is 0 Å². The number of rotatable bonds is 3. The molecule has 1 aliphatic heterocycles. The highest BCUT2D eigenvalue weighted by atomic mass is 35.5. The van der Waals surface area contributed by atoms with Crippen LogP contribution < -0.4 is 9.64 Å². The van der Waals surface area contributed by atoms with Gasteiger partial charge in [-0.3, -0.25) is 9.59 Å². The lowest BCUT2D eigenvalue weighted by atomic mass is 9.85. The number of carbonyl (C=O) groups is 3. The second-order valence-corrected chi connectivity index (χ2v) is 7.52. The first-order chi connectivity index (χ1) is 13.5. The van der Waals surface area contributed by atoms with Gasteiger partial charge in [-0.25, -0.2) is 9.69 Å². The third-order valence-corrected chi connectivity index (χ3v) is 5.49. The van der Waals surface area contributed by atoms with Gasteiger partial charge in [-0.05, 0) is 43.2 Å². The van der Waals surface area contributed by atoms with Crippen LogP contribution >= 0.6 is 23.2 Å². The first kappa shape index (κ1) is 18.7. The third-order valence-electron chi connectivity index (χ3n) is 4.94. The molecule has 2 aromatic carbocycles. The van der Waals surface area contributed by atoms with Crippen molar-refractivity contribution >= 4 is 46.7 Å². The standard InChI is InChI=1S/C21H15Cl2NO4/c22-12-8-9-17(18(23)10-12)21(27)28-14-5-3-4-13(11-14)24-19(25)15-6-1-2-7-16(15)20(24)26/h1-5,8-11,15-16H,6-7H2/t15-,16-/m1/s1. The monoisotopic (exact) mass is 415 g/mol. The average Bonchev–Trinajstić information content (AvgIpc) is 2.93. The molecule has 1 aliphatic carbocycles. The Morgan fingerprint density at radius 1 is 0.964 bits per heavy atom. The number of hydrogen-bond donors (Lipinski definition) is 0. The van der Waals surface area contributed by atoms with Gasteiger partial charge >= 0.3 is 5.97 Å². The Balaban J connectivity index is 1.57. The maximum absolute atomic E-state index is 12.7. The summed E-state index contributed by atoms with van der Waals surface area (Å²) in [5, 5.41) is 0.584. The summed E-state index contributed by atoms with van der Waals surface area (Å²) in [6.45, 7) is 0. The van der Waals surface area contributed by atoms with Gasteiger partial charge in [0.05, 0.1) is 28.1 Å². The van der Waals surface area contributed by atoms with Crippen LogP contribution in [0.15, 0.2) is 54.6 Å². The van der Waals surface area contributed by atoms with Gasteiger partial charge < -0.3 is 4.74 Å². The molecule has 2 amide bonds. The molecule has 142 valence electrons. The van der Waals surface area contributed by atoms with E-state index in [1.54, 1.807) is 18.2 Å². The molecule has 1 fully saturated rings. The number of anilines is 1. The van der Waals surface area contributed by atoms with Crippen molar-refractivity contribution < 1.29 is 19.1 Å². The number of halogens is 2. The molecule has 0 unspecified atom stereocenters. The highest BCUT2D eigenvalue weighted by molar-refractivity contribution is 6.36. The zero-order valence-corrected chi connectivity index (χ0v) is 16.1. The van der Waals surface area contributed by atoms with Crippen molar-refractivity contribution in [2.75, 3.05) is 4.90 Å². The zero-order valence-electron chi connectivity index (χ0n) is 14.6. The Morgan fingerprint density at radius 2 is 1.64 bits per heavy atom. The lowest BCUT2D eigenvalue weighted by Crippen LogP contribution is -2.30. The van der Waals surface area contributed by atoms with Gasteiger partial charge in [0.25, 0.3) is 0 Å². The number of amides is 2. The Kier molecular flexibility index (Phi) is 4.96. The maximum Gasteiger partial charge on any atom is 0.345 e. The number of imide groups is 1. The van der Waals surface area contributed by atoms with Crippen molar-refractivity contribution in [1.29, 1.82) is 0 Å². The molecule has 28 heavy (non-hydrogen) atoms. The van der Waals surface area contributed by atoms with E-state index in [4.69, 9.17) is 27.9 Å². The Morgan fingerprint density at radius 3 is 2.29 bits per heavy atom. The first-order valence-electron chi connectivity index (χ1n) is 8.76. The van der Waals surface area contributed by atoms with Crippen molar-refractivity contribution in [2.24, 2.45) is 11.8 Å². The molecule has 4 rings (SSSR count). The van der Waals surface area contributed by atoms with E-state index in [1.165, 1.54) is 29.2 Å². The molecule has 2 aliphatic rings. The number of ether oxygens (including phenoxy) is 1. The summed E-state index contributed by atoms with van der Waals surface area (Å²) >= 11 is 11.9. The van der Waals surface area contributed by atoms with E-state index in [9.17, 15) is 14.4 Å². The topological polar surface area (TPSA) is 63.7 Å². The van der Waals surface area contributed by atoms with Crippen LogP contribution in [0.2, 0.25) is 10.0 Å². The van der Waals surface area contributed by atoms with E-state index in [0.717, 1.165) is 0 Å². The minimum atomic E-state index is -0.657. The molecule has 2 atom stereocenters. The fourth-order valence-corrected chi connectivity index (χ4v) is 4.04. The van der Waals surface area contributed by atoms with Gasteiger partial charge in [0.1, 0.15) is 5.75 Å². The smallest absolute Gasteiger partial charge is 0.345 e. The highest BCUT2D eigenvalue weighted by Crippen LogP contribution is 2.38. The Hall–Kier alpha value is -2.63. The SMILES string of the molecule is O=C(Oc1cccc(N2C(=O)[C@@H]3CC=CC[C@H]3C2=O)c1)c1ccc(Cl)cc1Cl. The lowest BCUT2D eigenvalue weighted by molar-refractivity contribution is -0.122. The van der Waals surface area contributed by atoms with Gasteiger partial charge in [-0.2, -0.15) is 0 Å². The van der Waals surface area contributed by atoms with Crippen LogP contribution in [-0.2, 0) is 9.59 Å². The molecule has 0 saturated carbocycles. The van der Waals surface area contributed by atoms with Crippen molar-refractivity contribution in [3.05, 3.63) is 70.2 Å². The molecule has 7 heteroatoms. The number of nitrogens with zero attached hydrogens (tertiary/aromatic N) is 1. The van der Waals surface area contributed by atoms with Crippen LogP contribution in [0.5, 0.6) is 5.75 Å². The van der Waals surface area contributed by atoms with Gasteiger partial charge in [0.2, 0.25) is 11.8 Å². The lowest BCUT2D eigenvalue weighted by Gasteiger charge is -2.16. The summed E-state index contributed by atoms with van der Waals surface area (Å²) in [5.74, 6) is -1.53.